The van der Waals surface area contributed by atoms with E-state index in [0.717, 1.165) is 25.3 Å². The molecule has 0 bridgehead atoms. The van der Waals surface area contributed by atoms with Gasteiger partial charge in [0.15, 0.2) is 0 Å². The lowest BCUT2D eigenvalue weighted by Crippen LogP contribution is -2.14. The van der Waals surface area contributed by atoms with E-state index in [4.69, 9.17) is 5.14 Å². The van der Waals surface area contributed by atoms with E-state index in [-0.39, 0.29) is 5.56 Å². The van der Waals surface area contributed by atoms with Gasteiger partial charge in [0.2, 0.25) is 10.0 Å². The molecule has 0 saturated heterocycles. The zero-order valence-electron chi connectivity index (χ0n) is 7.73. The fourth-order valence-electron chi connectivity index (χ4n) is 0.976. The first-order valence-corrected chi connectivity index (χ1v) is 5.31. The summed E-state index contributed by atoms with van der Waals surface area (Å²) in [6.07, 6.45) is 0. The molecule has 1 rings (SSSR count). The third-order valence-corrected chi connectivity index (χ3v) is 2.60. The average molecular weight is 233 g/mol. The maximum absolute atomic E-state index is 13.2. The molecule has 0 heterocycles. The number of nitrogens with two attached hydrogens (primary N) is 1. The molecule has 0 aliphatic carbocycles. The van der Waals surface area contributed by atoms with Crippen LogP contribution in [-0.4, -0.2) is 21.5 Å². The molecule has 82 valence electrons. The number of halogens is 1. The van der Waals surface area contributed by atoms with E-state index in [1.54, 1.807) is 0 Å². The molecule has 0 amide bonds. The van der Waals surface area contributed by atoms with E-state index >= 15 is 0 Å². The maximum Gasteiger partial charge on any atom is 0.337 e. The Morgan fingerprint density at radius 3 is 2.47 bits per heavy atom. The fourth-order valence-corrected chi connectivity index (χ4v) is 1.56. The molecule has 0 aliphatic heterocycles. The number of hydrogen-bond donors (Lipinski definition) is 1. The number of primary sulfonamides is 1. The minimum atomic E-state index is -4.11. The van der Waals surface area contributed by atoms with Gasteiger partial charge in [-0.3, -0.25) is 0 Å². The predicted molar refractivity (Wildman–Crippen MR) is 49.1 cm³/mol. The van der Waals surface area contributed by atoms with Crippen LogP contribution in [0, 0.1) is 5.82 Å². The lowest BCUT2D eigenvalue weighted by Gasteiger charge is -2.02. The van der Waals surface area contributed by atoms with E-state index in [1.807, 2.05) is 0 Å². The summed E-state index contributed by atoms with van der Waals surface area (Å²) in [5.74, 6) is -1.84. The number of rotatable bonds is 2. The first kappa shape index (κ1) is 11.6. The monoisotopic (exact) mass is 233 g/mol. The van der Waals surface area contributed by atoms with Crippen molar-refractivity contribution in [3.05, 3.63) is 29.6 Å². The molecule has 0 spiro atoms. The van der Waals surface area contributed by atoms with Crippen molar-refractivity contribution in [2.24, 2.45) is 5.14 Å². The van der Waals surface area contributed by atoms with Gasteiger partial charge in [-0.25, -0.2) is 22.7 Å². The standard InChI is InChI=1S/C8H8FNO4S/c1-14-8(11)5-2-3-7(6(9)4-5)15(10,12)13/h2-4H,1H3,(H2,10,12,13). The van der Waals surface area contributed by atoms with Crippen molar-refractivity contribution >= 4 is 16.0 Å². The Balaban J connectivity index is 3.27. The maximum atomic E-state index is 13.2. The van der Waals surface area contributed by atoms with Crippen LogP contribution in [0.4, 0.5) is 4.39 Å². The van der Waals surface area contributed by atoms with E-state index in [0.29, 0.717) is 0 Å². The zero-order chi connectivity index (χ0) is 11.6. The highest BCUT2D eigenvalue weighted by Crippen LogP contribution is 2.14. The summed E-state index contributed by atoms with van der Waals surface area (Å²) < 4.78 is 39.2. The molecule has 0 aliphatic rings. The smallest absolute Gasteiger partial charge is 0.337 e. The molecular formula is C8H8FNO4S. The first-order chi connectivity index (χ1) is 6.86. The Hall–Kier alpha value is -1.47. The minimum absolute atomic E-state index is 0.0811. The highest BCUT2D eigenvalue weighted by Gasteiger charge is 2.16. The Morgan fingerprint density at radius 1 is 1.47 bits per heavy atom. The van der Waals surface area contributed by atoms with Crippen LogP contribution in [-0.2, 0) is 14.8 Å². The van der Waals surface area contributed by atoms with Crippen LogP contribution in [0.3, 0.4) is 0 Å². The van der Waals surface area contributed by atoms with Gasteiger partial charge in [-0.15, -0.1) is 0 Å². The number of carbonyl (C=O) groups excluding carboxylic acids is 1. The molecule has 0 unspecified atom stereocenters. The van der Waals surface area contributed by atoms with Gasteiger partial charge in [-0.05, 0) is 18.2 Å². The van der Waals surface area contributed by atoms with Crippen molar-refractivity contribution in [3.8, 4) is 0 Å². The number of sulfonamides is 1. The third kappa shape index (κ3) is 2.51. The third-order valence-electron chi connectivity index (χ3n) is 1.66. The van der Waals surface area contributed by atoms with Crippen LogP contribution in [0.2, 0.25) is 0 Å². The van der Waals surface area contributed by atoms with E-state index in [2.05, 4.69) is 4.74 Å². The topological polar surface area (TPSA) is 86.5 Å². The van der Waals surface area contributed by atoms with Crippen LogP contribution < -0.4 is 5.14 Å². The lowest BCUT2D eigenvalue weighted by atomic mass is 10.2. The summed E-state index contributed by atoms with van der Waals surface area (Å²) in [6.45, 7) is 0. The van der Waals surface area contributed by atoms with Gasteiger partial charge in [-0.1, -0.05) is 0 Å². The molecule has 7 heteroatoms. The molecular weight excluding hydrogens is 225 g/mol. The fraction of sp³-hybridized carbons (Fsp3) is 0.125. The van der Waals surface area contributed by atoms with Crippen LogP contribution in [0.1, 0.15) is 10.4 Å². The number of carbonyl (C=O) groups is 1. The van der Waals surface area contributed by atoms with Crippen LogP contribution >= 0.6 is 0 Å². The van der Waals surface area contributed by atoms with Crippen LogP contribution in [0.15, 0.2) is 23.1 Å². The molecule has 1 aromatic carbocycles. The van der Waals surface area contributed by atoms with Crippen LogP contribution in [0.25, 0.3) is 0 Å². The summed E-state index contributed by atoms with van der Waals surface area (Å²) in [6, 6.07) is 2.79. The Labute approximate surface area is 85.7 Å². The summed E-state index contributed by atoms with van der Waals surface area (Å²) in [7, 11) is -2.98. The quantitative estimate of drug-likeness (QED) is 0.742. The molecule has 0 radical (unpaired) electrons. The molecule has 15 heavy (non-hydrogen) atoms. The molecule has 0 atom stereocenters. The van der Waals surface area contributed by atoms with Crippen molar-refractivity contribution in [2.45, 2.75) is 4.90 Å². The van der Waals surface area contributed by atoms with E-state index in [1.165, 1.54) is 0 Å². The van der Waals surface area contributed by atoms with Gasteiger partial charge in [0, 0.05) is 0 Å². The number of esters is 1. The minimum Gasteiger partial charge on any atom is -0.465 e. The van der Waals surface area contributed by atoms with Crippen molar-refractivity contribution in [1.29, 1.82) is 0 Å². The molecule has 0 saturated carbocycles. The first-order valence-electron chi connectivity index (χ1n) is 3.77. The second kappa shape index (κ2) is 3.95. The van der Waals surface area contributed by atoms with Crippen molar-refractivity contribution in [3.63, 3.8) is 0 Å². The Bertz CT molecular complexity index is 497. The largest absolute Gasteiger partial charge is 0.465 e. The van der Waals surface area contributed by atoms with Gasteiger partial charge < -0.3 is 4.74 Å². The van der Waals surface area contributed by atoms with E-state index in [9.17, 15) is 17.6 Å². The van der Waals surface area contributed by atoms with Gasteiger partial charge >= 0.3 is 5.97 Å². The Kier molecular flexibility index (Phi) is 3.06. The summed E-state index contributed by atoms with van der Waals surface area (Å²) >= 11 is 0. The van der Waals surface area contributed by atoms with Gasteiger partial charge in [0.05, 0.1) is 12.7 Å². The Morgan fingerprint density at radius 2 is 2.07 bits per heavy atom. The van der Waals surface area contributed by atoms with Gasteiger partial charge in [-0.2, -0.15) is 0 Å². The number of ether oxygens (including phenoxy) is 1. The van der Waals surface area contributed by atoms with Gasteiger partial charge in [0.25, 0.3) is 0 Å². The SMILES string of the molecule is COC(=O)c1ccc(S(N)(=O)=O)c(F)c1. The van der Waals surface area contributed by atoms with Crippen molar-refractivity contribution < 1.29 is 22.3 Å². The molecule has 2 N–H and O–H groups in total. The van der Waals surface area contributed by atoms with Gasteiger partial charge in [0.1, 0.15) is 10.7 Å². The van der Waals surface area contributed by atoms with Crippen LogP contribution in [0.5, 0.6) is 0 Å². The number of benzene rings is 1. The summed E-state index contributed by atoms with van der Waals surface area (Å²) in [5.41, 5.74) is -0.0811. The highest BCUT2D eigenvalue weighted by atomic mass is 32.2. The zero-order valence-corrected chi connectivity index (χ0v) is 8.55. The average Bonchev–Trinajstić information content (AvgIpc) is 2.14. The molecule has 1 aromatic rings. The normalized spacial score (nSPS) is 11.1. The molecule has 0 aromatic heterocycles. The van der Waals surface area contributed by atoms with Crippen molar-refractivity contribution in [2.75, 3.05) is 7.11 Å². The van der Waals surface area contributed by atoms with E-state index < -0.39 is 26.7 Å². The predicted octanol–water partition coefficient (Wildman–Crippen LogP) is 0.260. The number of hydrogen-bond acceptors (Lipinski definition) is 4. The number of methoxy groups -OCH3 is 1. The van der Waals surface area contributed by atoms with Crippen molar-refractivity contribution in [1.82, 2.24) is 0 Å². The highest BCUT2D eigenvalue weighted by molar-refractivity contribution is 7.89. The molecule has 0 fully saturated rings. The second-order valence-electron chi connectivity index (χ2n) is 2.68. The summed E-state index contributed by atoms with van der Waals surface area (Å²) in [5, 5.41) is 4.73. The second-order valence-corrected chi connectivity index (χ2v) is 4.21. The molecule has 5 nitrogen and oxygen atoms in total. The lowest BCUT2D eigenvalue weighted by molar-refractivity contribution is 0.0600. The summed E-state index contributed by atoms with van der Waals surface area (Å²) in [4.78, 5) is 10.3.